The Hall–Kier alpha value is -2.23. The molecule has 20 heavy (non-hydrogen) atoms. The Bertz CT molecular complexity index is 638. The summed E-state index contributed by atoms with van der Waals surface area (Å²) in [6.45, 7) is 4.08. The largest absolute Gasteiger partial charge is 0.322 e. The van der Waals surface area contributed by atoms with Gasteiger partial charge in [-0.3, -0.25) is 4.79 Å². The molecule has 1 N–H and O–H groups in total. The first-order valence-corrected chi connectivity index (χ1v) is 6.33. The molecule has 2 aromatic rings. The molecule has 0 saturated heterocycles. The summed E-state index contributed by atoms with van der Waals surface area (Å²) < 4.78 is 26.3. The van der Waals surface area contributed by atoms with Crippen LogP contribution in [0.1, 0.15) is 35.7 Å². The van der Waals surface area contributed by atoms with E-state index in [1.807, 2.05) is 32.0 Å². The molecule has 1 amide bonds. The van der Waals surface area contributed by atoms with Crippen LogP contribution in [0, 0.1) is 11.6 Å². The van der Waals surface area contributed by atoms with Crippen molar-refractivity contribution in [2.75, 3.05) is 5.32 Å². The highest BCUT2D eigenvalue weighted by Crippen LogP contribution is 2.19. The number of rotatable bonds is 3. The van der Waals surface area contributed by atoms with Gasteiger partial charge in [-0.2, -0.15) is 0 Å². The van der Waals surface area contributed by atoms with E-state index in [0.29, 0.717) is 17.7 Å². The molecule has 2 nitrogen and oxygen atoms in total. The molecular weight excluding hydrogens is 260 g/mol. The number of anilines is 1. The molecule has 0 radical (unpaired) electrons. The second-order valence-electron chi connectivity index (χ2n) is 4.86. The van der Waals surface area contributed by atoms with Gasteiger partial charge in [0.05, 0.1) is 5.56 Å². The average molecular weight is 275 g/mol. The smallest absolute Gasteiger partial charge is 0.258 e. The molecule has 0 aromatic heterocycles. The zero-order valence-electron chi connectivity index (χ0n) is 11.3. The van der Waals surface area contributed by atoms with Crippen LogP contribution in [-0.2, 0) is 0 Å². The van der Waals surface area contributed by atoms with Crippen molar-refractivity contribution in [1.82, 2.24) is 0 Å². The molecule has 104 valence electrons. The molecule has 0 aliphatic rings. The molecule has 0 aliphatic carbocycles. The molecule has 2 aromatic carbocycles. The summed E-state index contributed by atoms with van der Waals surface area (Å²) in [5.41, 5.74) is 1.48. The van der Waals surface area contributed by atoms with E-state index in [9.17, 15) is 13.6 Å². The summed E-state index contributed by atoms with van der Waals surface area (Å²) in [5.74, 6) is -1.85. The van der Waals surface area contributed by atoms with E-state index in [4.69, 9.17) is 0 Å². The average Bonchev–Trinajstić information content (AvgIpc) is 2.38. The molecule has 0 unspecified atom stereocenters. The van der Waals surface area contributed by atoms with Crippen LogP contribution in [0.5, 0.6) is 0 Å². The van der Waals surface area contributed by atoms with E-state index in [1.165, 1.54) is 0 Å². The maximum absolute atomic E-state index is 13.5. The van der Waals surface area contributed by atoms with Crippen LogP contribution in [0.3, 0.4) is 0 Å². The van der Waals surface area contributed by atoms with Crippen LogP contribution in [0.4, 0.5) is 14.5 Å². The van der Waals surface area contributed by atoms with E-state index in [1.54, 1.807) is 6.07 Å². The second-order valence-corrected chi connectivity index (χ2v) is 4.86. The van der Waals surface area contributed by atoms with Crippen LogP contribution < -0.4 is 5.32 Å². The van der Waals surface area contributed by atoms with Crippen molar-refractivity contribution in [2.24, 2.45) is 0 Å². The van der Waals surface area contributed by atoms with Crippen molar-refractivity contribution in [3.8, 4) is 0 Å². The predicted octanol–water partition coefficient (Wildman–Crippen LogP) is 4.34. The number of hydrogen-bond donors (Lipinski definition) is 1. The molecule has 0 fully saturated rings. The summed E-state index contributed by atoms with van der Waals surface area (Å²) in [6, 6.07) is 10.2. The number of amides is 1. The fourth-order valence-corrected chi connectivity index (χ4v) is 1.85. The molecule has 0 atom stereocenters. The van der Waals surface area contributed by atoms with Crippen LogP contribution in [-0.4, -0.2) is 5.91 Å². The van der Waals surface area contributed by atoms with E-state index >= 15 is 0 Å². The maximum atomic E-state index is 13.5. The highest BCUT2D eigenvalue weighted by Gasteiger charge is 2.13. The van der Waals surface area contributed by atoms with Gasteiger partial charge in [0.25, 0.3) is 5.91 Å². The number of nitrogens with one attached hydrogen (secondary N) is 1. The standard InChI is InChI=1S/C16H15F2NO/c1-10(2)11-4-3-5-13(8-11)19-16(20)14-7-6-12(17)9-15(14)18/h3-10H,1-2H3,(H,19,20). The fraction of sp³-hybridized carbons (Fsp3) is 0.188. The van der Waals surface area contributed by atoms with Gasteiger partial charge in [-0.05, 0) is 35.7 Å². The van der Waals surface area contributed by atoms with Crippen molar-refractivity contribution in [1.29, 1.82) is 0 Å². The number of carbonyl (C=O) groups excluding carboxylic acids is 1. The van der Waals surface area contributed by atoms with Gasteiger partial charge in [-0.15, -0.1) is 0 Å². The van der Waals surface area contributed by atoms with Crippen molar-refractivity contribution in [2.45, 2.75) is 19.8 Å². The van der Waals surface area contributed by atoms with Gasteiger partial charge < -0.3 is 5.32 Å². The summed E-state index contributed by atoms with van der Waals surface area (Å²) in [7, 11) is 0. The Balaban J connectivity index is 2.21. The van der Waals surface area contributed by atoms with Crippen molar-refractivity contribution in [3.63, 3.8) is 0 Å². The minimum Gasteiger partial charge on any atom is -0.322 e. The van der Waals surface area contributed by atoms with Gasteiger partial charge in [-0.25, -0.2) is 8.78 Å². The molecule has 2 rings (SSSR count). The lowest BCUT2D eigenvalue weighted by atomic mass is 10.0. The molecular formula is C16H15F2NO. The van der Waals surface area contributed by atoms with Crippen molar-refractivity contribution >= 4 is 11.6 Å². The first-order chi connectivity index (χ1) is 9.47. The quantitative estimate of drug-likeness (QED) is 0.887. The lowest BCUT2D eigenvalue weighted by Crippen LogP contribution is -2.14. The third-order valence-electron chi connectivity index (χ3n) is 2.99. The van der Waals surface area contributed by atoms with Gasteiger partial charge >= 0.3 is 0 Å². The minimum absolute atomic E-state index is 0.179. The highest BCUT2D eigenvalue weighted by molar-refractivity contribution is 6.04. The van der Waals surface area contributed by atoms with Crippen LogP contribution in [0.2, 0.25) is 0 Å². The third-order valence-corrected chi connectivity index (χ3v) is 2.99. The number of hydrogen-bond acceptors (Lipinski definition) is 1. The van der Waals surface area contributed by atoms with E-state index < -0.39 is 17.5 Å². The molecule has 0 bridgehead atoms. The Labute approximate surface area is 116 Å². The van der Waals surface area contributed by atoms with E-state index in [-0.39, 0.29) is 5.56 Å². The van der Waals surface area contributed by atoms with E-state index in [2.05, 4.69) is 5.32 Å². The summed E-state index contributed by atoms with van der Waals surface area (Å²) in [4.78, 5) is 12.0. The van der Waals surface area contributed by atoms with Crippen LogP contribution >= 0.6 is 0 Å². The van der Waals surface area contributed by atoms with Crippen molar-refractivity contribution in [3.05, 3.63) is 65.2 Å². The van der Waals surface area contributed by atoms with Gasteiger partial charge in [0.15, 0.2) is 0 Å². The van der Waals surface area contributed by atoms with Gasteiger partial charge in [-0.1, -0.05) is 26.0 Å². The monoisotopic (exact) mass is 275 g/mol. The zero-order chi connectivity index (χ0) is 14.7. The SMILES string of the molecule is CC(C)c1cccc(NC(=O)c2ccc(F)cc2F)c1. The topological polar surface area (TPSA) is 29.1 Å². The second kappa shape index (κ2) is 5.82. The summed E-state index contributed by atoms with van der Waals surface area (Å²) >= 11 is 0. The first kappa shape index (κ1) is 14.2. The van der Waals surface area contributed by atoms with Gasteiger partial charge in [0, 0.05) is 11.8 Å². The highest BCUT2D eigenvalue weighted by atomic mass is 19.1. The Kier molecular flexibility index (Phi) is 4.13. The van der Waals surface area contributed by atoms with Gasteiger partial charge in [0.1, 0.15) is 11.6 Å². The molecule has 0 spiro atoms. The Morgan fingerprint density at radius 2 is 1.85 bits per heavy atom. The molecule has 0 heterocycles. The molecule has 0 saturated carbocycles. The fourth-order valence-electron chi connectivity index (χ4n) is 1.85. The Morgan fingerprint density at radius 1 is 1.10 bits per heavy atom. The molecule has 0 aliphatic heterocycles. The summed E-state index contributed by atoms with van der Waals surface area (Å²) in [6.07, 6.45) is 0. The zero-order valence-corrected chi connectivity index (χ0v) is 11.3. The van der Waals surface area contributed by atoms with Gasteiger partial charge in [0.2, 0.25) is 0 Å². The number of benzene rings is 2. The Morgan fingerprint density at radius 3 is 2.50 bits per heavy atom. The third kappa shape index (κ3) is 3.20. The van der Waals surface area contributed by atoms with Crippen molar-refractivity contribution < 1.29 is 13.6 Å². The number of halogens is 2. The van der Waals surface area contributed by atoms with Crippen LogP contribution in [0.15, 0.2) is 42.5 Å². The lowest BCUT2D eigenvalue weighted by Gasteiger charge is -2.10. The summed E-state index contributed by atoms with van der Waals surface area (Å²) in [5, 5.41) is 2.61. The minimum atomic E-state index is -0.873. The molecule has 4 heteroatoms. The first-order valence-electron chi connectivity index (χ1n) is 6.33. The predicted molar refractivity (Wildman–Crippen MR) is 74.8 cm³/mol. The number of carbonyl (C=O) groups is 1. The van der Waals surface area contributed by atoms with E-state index in [0.717, 1.165) is 17.7 Å². The normalized spacial score (nSPS) is 10.7. The lowest BCUT2D eigenvalue weighted by molar-refractivity contribution is 0.102. The van der Waals surface area contributed by atoms with Crippen LogP contribution in [0.25, 0.3) is 0 Å². The maximum Gasteiger partial charge on any atom is 0.258 e.